The molecule has 0 aliphatic carbocycles. The van der Waals surface area contributed by atoms with Crippen LogP contribution in [-0.4, -0.2) is 6.61 Å². The van der Waals surface area contributed by atoms with Crippen LogP contribution in [-0.2, 0) is 0 Å². The van der Waals surface area contributed by atoms with Gasteiger partial charge in [0.25, 0.3) is 0 Å². The molecule has 1 heteroatoms. The van der Waals surface area contributed by atoms with Crippen LogP contribution in [0, 0.1) is 32.1 Å². The van der Waals surface area contributed by atoms with Crippen LogP contribution in [0.15, 0.2) is 12.1 Å². The second-order valence-electron chi connectivity index (χ2n) is 6.10. The summed E-state index contributed by atoms with van der Waals surface area (Å²) in [7, 11) is 0. The molecule has 0 saturated carbocycles. The summed E-state index contributed by atoms with van der Waals surface area (Å²) in [5.41, 5.74) is 3.80. The highest BCUT2D eigenvalue weighted by Gasteiger charge is 2.17. The third-order valence-corrected chi connectivity index (χ3v) is 3.45. The SMILES string of the molecule is C#CCC(CCC)c1cc(C)cc(C)c1OCC(C)C. The normalized spacial score (nSPS) is 12.2. The highest BCUT2D eigenvalue weighted by Crippen LogP contribution is 2.36. The lowest BCUT2D eigenvalue weighted by atomic mass is 9.88. The topological polar surface area (TPSA) is 9.23 Å². The Morgan fingerprint density at radius 1 is 1.25 bits per heavy atom. The van der Waals surface area contributed by atoms with Crippen molar-refractivity contribution in [1.29, 1.82) is 0 Å². The minimum absolute atomic E-state index is 0.408. The molecule has 0 spiro atoms. The van der Waals surface area contributed by atoms with Gasteiger partial charge in [0, 0.05) is 6.42 Å². The van der Waals surface area contributed by atoms with Crippen LogP contribution in [0.2, 0.25) is 0 Å². The summed E-state index contributed by atoms with van der Waals surface area (Å²) in [4.78, 5) is 0. The van der Waals surface area contributed by atoms with Crippen molar-refractivity contribution in [2.45, 2.75) is 59.8 Å². The van der Waals surface area contributed by atoms with Crippen LogP contribution >= 0.6 is 0 Å². The van der Waals surface area contributed by atoms with Crippen LogP contribution < -0.4 is 4.74 Å². The fourth-order valence-electron chi connectivity index (χ4n) is 2.60. The molecule has 1 unspecified atom stereocenters. The van der Waals surface area contributed by atoms with Crippen molar-refractivity contribution < 1.29 is 4.74 Å². The van der Waals surface area contributed by atoms with Gasteiger partial charge < -0.3 is 4.74 Å². The zero-order chi connectivity index (χ0) is 15.1. The van der Waals surface area contributed by atoms with Crippen LogP contribution in [0.3, 0.4) is 0 Å². The molecule has 1 atom stereocenters. The fourth-order valence-corrected chi connectivity index (χ4v) is 2.60. The molecule has 110 valence electrons. The van der Waals surface area contributed by atoms with Gasteiger partial charge in [-0.05, 0) is 43.2 Å². The quantitative estimate of drug-likeness (QED) is 0.616. The molecule has 0 bridgehead atoms. The van der Waals surface area contributed by atoms with E-state index in [-0.39, 0.29) is 0 Å². The first kappa shape index (κ1) is 16.6. The number of aryl methyl sites for hydroxylation is 2. The van der Waals surface area contributed by atoms with Crippen molar-refractivity contribution in [2.24, 2.45) is 5.92 Å². The zero-order valence-electron chi connectivity index (χ0n) is 13.6. The van der Waals surface area contributed by atoms with E-state index in [9.17, 15) is 0 Å². The van der Waals surface area contributed by atoms with Gasteiger partial charge in [0.1, 0.15) is 5.75 Å². The first-order valence-corrected chi connectivity index (χ1v) is 7.66. The maximum atomic E-state index is 6.09. The van der Waals surface area contributed by atoms with Gasteiger partial charge in [-0.15, -0.1) is 12.3 Å². The van der Waals surface area contributed by atoms with Gasteiger partial charge in [0.15, 0.2) is 0 Å². The van der Waals surface area contributed by atoms with E-state index in [1.807, 2.05) is 0 Å². The molecular formula is C19H28O. The van der Waals surface area contributed by atoms with Gasteiger partial charge in [-0.3, -0.25) is 0 Å². The van der Waals surface area contributed by atoms with Gasteiger partial charge in [0.05, 0.1) is 6.61 Å². The van der Waals surface area contributed by atoms with Crippen molar-refractivity contribution >= 4 is 0 Å². The van der Waals surface area contributed by atoms with E-state index in [1.165, 1.54) is 16.7 Å². The molecule has 0 amide bonds. The van der Waals surface area contributed by atoms with Crippen molar-refractivity contribution in [2.75, 3.05) is 6.61 Å². The summed E-state index contributed by atoms with van der Waals surface area (Å²) in [6.45, 7) is 11.6. The van der Waals surface area contributed by atoms with Crippen molar-refractivity contribution in [3.63, 3.8) is 0 Å². The van der Waals surface area contributed by atoms with E-state index in [0.29, 0.717) is 11.8 Å². The Labute approximate surface area is 124 Å². The van der Waals surface area contributed by atoms with Gasteiger partial charge >= 0.3 is 0 Å². The highest BCUT2D eigenvalue weighted by atomic mass is 16.5. The van der Waals surface area contributed by atoms with E-state index >= 15 is 0 Å². The summed E-state index contributed by atoms with van der Waals surface area (Å²) < 4.78 is 6.09. The van der Waals surface area contributed by atoms with E-state index < -0.39 is 0 Å². The molecule has 0 aromatic heterocycles. The fraction of sp³-hybridized carbons (Fsp3) is 0.579. The van der Waals surface area contributed by atoms with Crippen molar-refractivity contribution in [1.82, 2.24) is 0 Å². The second-order valence-corrected chi connectivity index (χ2v) is 6.10. The molecule has 0 aliphatic heterocycles. The number of ether oxygens (including phenoxy) is 1. The minimum Gasteiger partial charge on any atom is -0.493 e. The number of terminal acetylenes is 1. The first-order valence-electron chi connectivity index (χ1n) is 7.66. The van der Waals surface area contributed by atoms with Crippen LogP contribution in [0.1, 0.15) is 62.6 Å². The summed E-state index contributed by atoms with van der Waals surface area (Å²) >= 11 is 0. The number of rotatable bonds is 7. The summed E-state index contributed by atoms with van der Waals surface area (Å²) in [5, 5.41) is 0. The number of hydrogen-bond acceptors (Lipinski definition) is 1. The number of benzene rings is 1. The zero-order valence-corrected chi connectivity index (χ0v) is 13.6. The maximum absolute atomic E-state index is 6.09. The lowest BCUT2D eigenvalue weighted by Crippen LogP contribution is -2.10. The Balaban J connectivity index is 3.16. The first-order chi connectivity index (χ1) is 9.49. The van der Waals surface area contributed by atoms with Gasteiger partial charge in [-0.25, -0.2) is 0 Å². The Hall–Kier alpha value is -1.42. The molecular weight excluding hydrogens is 244 g/mol. The lowest BCUT2D eigenvalue weighted by Gasteiger charge is -2.22. The maximum Gasteiger partial charge on any atom is 0.125 e. The average Bonchev–Trinajstić information content (AvgIpc) is 2.36. The van der Waals surface area contributed by atoms with Gasteiger partial charge in [0.2, 0.25) is 0 Å². The average molecular weight is 272 g/mol. The van der Waals surface area contributed by atoms with Crippen LogP contribution in [0.25, 0.3) is 0 Å². The van der Waals surface area contributed by atoms with E-state index in [0.717, 1.165) is 31.6 Å². The Kier molecular flexibility index (Phi) is 6.65. The molecule has 0 radical (unpaired) electrons. The molecule has 0 heterocycles. The molecule has 0 fully saturated rings. The van der Waals surface area contributed by atoms with E-state index in [4.69, 9.17) is 11.2 Å². The van der Waals surface area contributed by atoms with E-state index in [1.54, 1.807) is 0 Å². The van der Waals surface area contributed by atoms with Crippen molar-refractivity contribution in [3.8, 4) is 18.1 Å². The van der Waals surface area contributed by atoms with E-state index in [2.05, 4.69) is 52.7 Å². The van der Waals surface area contributed by atoms with Crippen LogP contribution in [0.4, 0.5) is 0 Å². The Morgan fingerprint density at radius 3 is 2.50 bits per heavy atom. The highest BCUT2D eigenvalue weighted by molar-refractivity contribution is 5.46. The predicted octanol–water partition coefficient (Wildman–Crippen LogP) is 5.25. The van der Waals surface area contributed by atoms with Crippen LogP contribution in [0.5, 0.6) is 5.75 Å². The third kappa shape index (κ3) is 4.60. The lowest BCUT2D eigenvalue weighted by molar-refractivity contribution is 0.265. The summed E-state index contributed by atoms with van der Waals surface area (Å²) in [5.74, 6) is 4.82. The molecule has 0 aliphatic rings. The van der Waals surface area contributed by atoms with Gasteiger partial charge in [-0.1, -0.05) is 44.9 Å². The molecule has 1 aromatic carbocycles. The molecule has 1 aromatic rings. The summed E-state index contributed by atoms with van der Waals surface area (Å²) in [6.07, 6.45) is 8.60. The Bertz CT molecular complexity index is 465. The second kappa shape index (κ2) is 8.00. The molecule has 0 saturated heterocycles. The molecule has 0 N–H and O–H groups in total. The molecule has 1 rings (SSSR count). The standard InChI is InChI=1S/C19H28O/c1-7-9-17(10-8-2)18-12-15(5)11-16(6)19(18)20-13-14(3)4/h1,11-12,14,17H,8-10,13H2,2-6H3. The Morgan fingerprint density at radius 2 is 1.95 bits per heavy atom. The van der Waals surface area contributed by atoms with Crippen molar-refractivity contribution in [3.05, 3.63) is 28.8 Å². The predicted molar refractivity (Wildman–Crippen MR) is 87.3 cm³/mol. The number of hydrogen-bond donors (Lipinski definition) is 0. The summed E-state index contributed by atoms with van der Waals surface area (Å²) in [6, 6.07) is 4.44. The minimum atomic E-state index is 0.408. The molecule has 1 nitrogen and oxygen atoms in total. The largest absolute Gasteiger partial charge is 0.493 e. The smallest absolute Gasteiger partial charge is 0.125 e. The monoisotopic (exact) mass is 272 g/mol. The van der Waals surface area contributed by atoms with Gasteiger partial charge in [-0.2, -0.15) is 0 Å². The molecule has 20 heavy (non-hydrogen) atoms. The third-order valence-electron chi connectivity index (χ3n) is 3.45.